The van der Waals surface area contributed by atoms with E-state index in [1.807, 2.05) is 38.1 Å². The van der Waals surface area contributed by atoms with E-state index in [0.717, 1.165) is 60.3 Å². The van der Waals surface area contributed by atoms with Crippen molar-refractivity contribution in [1.29, 1.82) is 0 Å². The van der Waals surface area contributed by atoms with Crippen LogP contribution in [0.5, 0.6) is 17.2 Å². The van der Waals surface area contributed by atoms with Gasteiger partial charge >= 0.3 is 5.97 Å². The minimum atomic E-state index is -1.07. The van der Waals surface area contributed by atoms with Gasteiger partial charge in [-0.15, -0.1) is 0 Å². The lowest BCUT2D eigenvalue weighted by Gasteiger charge is -2.26. The highest BCUT2D eigenvalue weighted by molar-refractivity contribution is 5.79. The molecule has 0 spiro atoms. The second kappa shape index (κ2) is 36.7. The molecule has 0 saturated heterocycles. The van der Waals surface area contributed by atoms with E-state index in [-0.39, 0.29) is 12.5 Å². The van der Waals surface area contributed by atoms with Gasteiger partial charge in [-0.2, -0.15) is 0 Å². The second-order valence-corrected chi connectivity index (χ2v) is 17.2. The molecule has 14 heteroatoms. The van der Waals surface area contributed by atoms with Crippen molar-refractivity contribution in [1.82, 2.24) is 10.6 Å². The molecule has 0 saturated carbocycles. The van der Waals surface area contributed by atoms with Crippen molar-refractivity contribution in [2.45, 2.75) is 118 Å². The molecule has 0 fully saturated rings. The lowest BCUT2D eigenvalue weighted by molar-refractivity contribution is -0.251. The fourth-order valence-corrected chi connectivity index (χ4v) is 8.10. The van der Waals surface area contributed by atoms with Crippen LogP contribution in [-0.2, 0) is 19.0 Å². The summed E-state index contributed by atoms with van der Waals surface area (Å²) >= 11 is 0. The fourth-order valence-electron chi connectivity index (χ4n) is 8.10. The molecule has 0 aliphatic heterocycles. The van der Waals surface area contributed by atoms with E-state index in [2.05, 4.69) is 91.4 Å². The Morgan fingerprint density at radius 3 is 1.85 bits per heavy atom. The number of benzene rings is 4. The van der Waals surface area contributed by atoms with E-state index in [9.17, 15) is 9.90 Å². The van der Waals surface area contributed by atoms with Crippen LogP contribution in [0.3, 0.4) is 0 Å². The van der Waals surface area contributed by atoms with Gasteiger partial charge in [0.2, 0.25) is 0 Å². The number of fused-ring (bicyclic) bond motifs is 3. The highest BCUT2D eigenvalue weighted by Crippen LogP contribution is 2.44. The predicted octanol–water partition coefficient (Wildman–Crippen LogP) is 10.8. The number of hydrogen-bond donors (Lipinski definition) is 3. The van der Waals surface area contributed by atoms with Crippen LogP contribution in [0.4, 0.5) is 0 Å². The smallest absolute Gasteiger partial charge is 0.341 e. The number of methoxy groups -OCH3 is 4. The Morgan fingerprint density at radius 1 is 0.750 bits per heavy atom. The Morgan fingerprint density at radius 2 is 1.33 bits per heavy atom. The van der Waals surface area contributed by atoms with E-state index in [0.29, 0.717) is 40.5 Å². The van der Waals surface area contributed by atoms with Crippen molar-refractivity contribution < 1.29 is 43.4 Å². The summed E-state index contributed by atoms with van der Waals surface area (Å²) in [5.74, 6) is 1.83. The molecule has 0 heterocycles. The van der Waals surface area contributed by atoms with Crippen molar-refractivity contribution in [2.24, 2.45) is 26.8 Å². The standard InChI is InChI=1S/C32H29NO7.C14H30N2O.C10H22N2O.C2H6/c1-37-22-15-16-27(29(17-22)38-2)31(20-11-13-21(14-12-20)39-19-30(34)35)33-32(36)40-18-28-25-9-5-3-7-23(25)24-8-4-6-10-26(24)28;1-6-12(3)10-14(13(4)7-2)16-9-8-15-11-17-5;1-4-6-10(5-2)12-8-7-11-9-13-3;1-2/h3-17,28,31H,18-19H2,1-2H3,(H,33,36)(H,34,35);11-14,16H,6-10H2,1-5H3;9-10,12H,4-8H2,1-3H3;1-2H3/p-1. The molecule has 72 heavy (non-hydrogen) atoms. The van der Waals surface area contributed by atoms with Crippen molar-refractivity contribution in [3.63, 3.8) is 0 Å². The first-order chi connectivity index (χ1) is 35.0. The zero-order chi connectivity index (χ0) is 53.1. The zero-order valence-corrected chi connectivity index (χ0v) is 45.3. The van der Waals surface area contributed by atoms with Gasteiger partial charge in [-0.3, -0.25) is 15.0 Å². The van der Waals surface area contributed by atoms with E-state index < -0.39 is 24.7 Å². The molecule has 0 radical (unpaired) electrons. The highest BCUT2D eigenvalue weighted by Gasteiger charge is 2.27. The molecule has 0 amide bonds. The van der Waals surface area contributed by atoms with Crippen molar-refractivity contribution in [3.8, 4) is 28.4 Å². The van der Waals surface area contributed by atoms with Crippen LogP contribution < -0.4 is 30.0 Å². The first kappa shape index (κ1) is 62.0. The fraction of sp³-hybridized carbons (Fsp3) is 0.517. The molecule has 3 N–H and O–H groups in total. The highest BCUT2D eigenvalue weighted by atomic mass is 16.6. The maximum Gasteiger partial charge on any atom is 0.341 e. The van der Waals surface area contributed by atoms with E-state index in [4.69, 9.17) is 33.5 Å². The summed E-state index contributed by atoms with van der Waals surface area (Å²) in [6, 6.07) is 28.8. The van der Waals surface area contributed by atoms with Gasteiger partial charge in [-0.05, 0) is 83.2 Å². The van der Waals surface area contributed by atoms with Crippen LogP contribution in [0, 0.1) is 11.8 Å². The summed E-state index contributed by atoms with van der Waals surface area (Å²) in [4.78, 5) is 23.5. The van der Waals surface area contributed by atoms with E-state index in [1.165, 1.54) is 58.4 Å². The number of carbonyl (C=O) groups is 1. The van der Waals surface area contributed by atoms with Gasteiger partial charge in [0.25, 0.3) is 0 Å². The van der Waals surface area contributed by atoms with E-state index in [1.54, 1.807) is 63.8 Å². The summed E-state index contributed by atoms with van der Waals surface area (Å²) < 4.78 is 31.4. The third-order valence-electron chi connectivity index (χ3n) is 12.4. The first-order valence-corrected chi connectivity index (χ1v) is 25.7. The zero-order valence-electron chi connectivity index (χ0n) is 45.3. The molecular weight excluding hydrogens is 911 g/mol. The number of carboxylic acids is 1. The van der Waals surface area contributed by atoms with Gasteiger partial charge in [0.05, 0.1) is 41.5 Å². The summed E-state index contributed by atoms with van der Waals surface area (Å²) in [6.07, 6.45) is 9.73. The van der Waals surface area contributed by atoms with E-state index >= 15 is 0 Å². The van der Waals surface area contributed by atoms with Crippen LogP contribution in [0.1, 0.15) is 128 Å². The summed E-state index contributed by atoms with van der Waals surface area (Å²) in [5, 5.41) is 29.2. The average Bonchev–Trinajstić information content (AvgIpc) is 3.74. The van der Waals surface area contributed by atoms with Crippen LogP contribution in [0.25, 0.3) is 11.1 Å². The number of ether oxygens (including phenoxy) is 6. The predicted molar refractivity (Wildman–Crippen MR) is 292 cm³/mol. The number of nitrogens with zero attached hydrogens (tertiary/aromatic N) is 3. The Hall–Kier alpha value is -6.12. The number of nitrogens with one attached hydrogen (secondary N) is 2. The molecule has 5 unspecified atom stereocenters. The van der Waals surface area contributed by atoms with Crippen LogP contribution in [0.2, 0.25) is 0 Å². The van der Waals surface area contributed by atoms with Gasteiger partial charge in [0.15, 0.2) is 19.4 Å². The SMILES string of the molecule is CC.CCC(C)CC(NCCN=COC)C(C)CC.CCCC(CC)NCCN=COC.COc1ccc(C(N=C([O-])OCC2c3ccccc3-c3ccccc32)c2ccc(OCC(=O)O)cc2)c(OC)c1. The Kier molecular flexibility index (Phi) is 31.6. The number of carboxylic acid groups (broad SMARTS) is 1. The first-order valence-electron chi connectivity index (χ1n) is 25.7. The van der Waals surface area contributed by atoms with Crippen LogP contribution in [-0.4, -0.2) is 110 Å². The molecule has 5 rings (SSSR count). The minimum absolute atomic E-state index is 0.0915. The molecule has 1 aliphatic rings. The van der Waals surface area contributed by atoms with Crippen molar-refractivity contribution in [2.75, 3.05) is 67.8 Å². The number of aliphatic imine (C=N–C) groups is 3. The van der Waals surface area contributed by atoms with Crippen LogP contribution in [0.15, 0.2) is 106 Å². The molecule has 0 aromatic heterocycles. The average molecular weight is 997 g/mol. The maximum absolute atomic E-state index is 13.2. The molecule has 5 atom stereocenters. The van der Waals surface area contributed by atoms with Gasteiger partial charge in [-0.25, -0.2) is 4.79 Å². The lowest BCUT2D eigenvalue weighted by Crippen LogP contribution is -2.37. The van der Waals surface area contributed by atoms with Crippen molar-refractivity contribution in [3.05, 3.63) is 113 Å². The van der Waals surface area contributed by atoms with Crippen LogP contribution >= 0.6 is 0 Å². The molecule has 398 valence electrons. The molecular formula is C58H86N5O9-. The number of rotatable bonds is 28. The Labute approximate surface area is 431 Å². The summed E-state index contributed by atoms with van der Waals surface area (Å²) in [5.41, 5.74) is 5.81. The molecule has 4 aromatic carbocycles. The van der Waals surface area contributed by atoms with Crippen molar-refractivity contribution >= 4 is 24.9 Å². The second-order valence-electron chi connectivity index (χ2n) is 17.2. The Balaban J connectivity index is 0.000000458. The number of aliphatic carboxylic acids is 1. The summed E-state index contributed by atoms with van der Waals surface area (Å²) in [6.45, 7) is 20.8. The largest absolute Gasteiger partial charge is 0.599 e. The number of hydrogen-bond acceptors (Lipinski definition) is 13. The van der Waals surface area contributed by atoms with Gasteiger partial charge in [0, 0.05) is 49.3 Å². The third-order valence-corrected chi connectivity index (χ3v) is 12.4. The molecule has 0 bridgehead atoms. The van der Waals surface area contributed by atoms with Gasteiger partial charge in [0.1, 0.15) is 29.4 Å². The third kappa shape index (κ3) is 21.7. The maximum atomic E-state index is 13.2. The minimum Gasteiger partial charge on any atom is -0.599 e. The Bertz CT molecular complexity index is 2120. The molecule has 4 aromatic rings. The van der Waals surface area contributed by atoms with Gasteiger partial charge < -0.3 is 49.3 Å². The lowest BCUT2D eigenvalue weighted by atomic mass is 9.89. The normalized spacial score (nSPS) is 13.9. The quantitative estimate of drug-likeness (QED) is 0.0280. The molecule has 14 nitrogen and oxygen atoms in total. The molecule has 1 aliphatic carbocycles. The summed E-state index contributed by atoms with van der Waals surface area (Å²) in [7, 11) is 6.33. The van der Waals surface area contributed by atoms with Gasteiger partial charge in [-0.1, -0.05) is 135 Å². The monoisotopic (exact) mass is 997 g/mol. The topological polar surface area (TPSA) is 177 Å².